The van der Waals surface area contributed by atoms with Gasteiger partial charge in [0.1, 0.15) is 11.0 Å². The summed E-state index contributed by atoms with van der Waals surface area (Å²) in [7, 11) is 0. The van der Waals surface area contributed by atoms with Gasteiger partial charge >= 0.3 is 6.09 Å². The zero-order valence-electron chi connectivity index (χ0n) is 21.1. The maximum atomic E-state index is 13.8. The Bertz CT molecular complexity index is 1550. The fraction of sp³-hybridized carbons (Fsp3) is 0.333. The van der Waals surface area contributed by atoms with Crippen LogP contribution in [0.2, 0.25) is 0 Å². The number of benzene rings is 2. The summed E-state index contributed by atoms with van der Waals surface area (Å²) in [5.41, 5.74) is 4.38. The van der Waals surface area contributed by atoms with Crippen molar-refractivity contribution in [1.29, 1.82) is 0 Å². The molecule has 3 heterocycles. The van der Waals surface area contributed by atoms with Crippen LogP contribution in [0.4, 0.5) is 4.79 Å². The summed E-state index contributed by atoms with van der Waals surface area (Å²) in [6, 6.07) is 13.6. The number of aromatic nitrogens is 3. The van der Waals surface area contributed by atoms with Gasteiger partial charge < -0.3 is 19.5 Å². The Morgan fingerprint density at radius 2 is 1.78 bits per heavy atom. The van der Waals surface area contributed by atoms with Gasteiger partial charge in [-0.25, -0.2) is 9.78 Å². The summed E-state index contributed by atoms with van der Waals surface area (Å²) in [6.07, 6.45) is -0.349. The second-order valence-electron chi connectivity index (χ2n) is 9.07. The fourth-order valence-corrected chi connectivity index (χ4v) is 5.48. The number of carbonyl (C=O) groups excluding carboxylic acids is 2. The molecule has 1 aliphatic rings. The van der Waals surface area contributed by atoms with E-state index in [1.54, 1.807) is 21.3 Å². The zero-order valence-corrected chi connectivity index (χ0v) is 21.9. The Hall–Kier alpha value is -3.79. The minimum absolute atomic E-state index is 0.0608. The Kier molecular flexibility index (Phi) is 6.92. The number of nitrogens with zero attached hydrogens (tertiary/aromatic N) is 4. The fourth-order valence-electron chi connectivity index (χ4n) is 4.58. The third-order valence-corrected chi connectivity index (χ3v) is 7.51. The molecule has 0 spiro atoms. The Balaban J connectivity index is 1.46. The van der Waals surface area contributed by atoms with Gasteiger partial charge in [-0.15, -0.1) is 0 Å². The van der Waals surface area contributed by atoms with Crippen LogP contribution in [-0.2, 0) is 9.53 Å². The minimum Gasteiger partial charge on any atom is -0.450 e. The first kappa shape index (κ1) is 24.9. The molecule has 37 heavy (non-hydrogen) atoms. The lowest BCUT2D eigenvalue weighted by atomic mass is 10.1. The Morgan fingerprint density at radius 1 is 1.05 bits per heavy atom. The maximum absolute atomic E-state index is 13.8. The summed E-state index contributed by atoms with van der Waals surface area (Å²) in [5.74, 6) is 0.0687. The number of H-pyrrole nitrogens is 1. The second-order valence-corrected chi connectivity index (χ2v) is 10.0. The molecule has 2 aromatic heterocycles. The first-order valence-electron chi connectivity index (χ1n) is 12.3. The first-order chi connectivity index (χ1) is 17.9. The van der Waals surface area contributed by atoms with Crippen LogP contribution in [0.15, 0.2) is 52.4 Å². The molecule has 192 valence electrons. The predicted octanol–water partition coefficient (Wildman–Crippen LogP) is 3.88. The number of amides is 2. The molecule has 2 aromatic carbocycles. The molecule has 1 aliphatic heterocycles. The quantitative estimate of drug-likeness (QED) is 0.317. The number of ether oxygens (including phenoxy) is 1. The standard InChI is InChI=1S/C27H29N5O4S/c1-4-36-27(35)31-13-11-30(12-14-31)22(33)16-37-26-29-23-19-7-5-6-8-20(19)28-24(23)25(34)32(26)21-15-17(2)9-10-18(21)3/h5-10,15,28H,4,11-14,16H2,1-3H3. The van der Waals surface area contributed by atoms with Gasteiger partial charge in [0.05, 0.1) is 18.0 Å². The van der Waals surface area contributed by atoms with E-state index in [-0.39, 0.29) is 23.3 Å². The summed E-state index contributed by atoms with van der Waals surface area (Å²) >= 11 is 1.26. The SMILES string of the molecule is CCOC(=O)N1CCN(C(=O)CSc2nc3c([nH]c4ccccc43)c(=O)n2-c2cc(C)ccc2C)CC1. The molecule has 0 unspecified atom stereocenters. The van der Waals surface area contributed by atoms with E-state index in [2.05, 4.69) is 4.98 Å². The third kappa shape index (κ3) is 4.81. The molecule has 1 fully saturated rings. The molecule has 1 saturated heterocycles. The predicted molar refractivity (Wildman–Crippen MR) is 145 cm³/mol. The highest BCUT2D eigenvalue weighted by molar-refractivity contribution is 7.99. The number of hydrogen-bond donors (Lipinski definition) is 1. The van der Waals surface area contributed by atoms with Crippen molar-refractivity contribution in [3.63, 3.8) is 0 Å². The summed E-state index contributed by atoms with van der Waals surface area (Å²) in [6.45, 7) is 7.78. The largest absolute Gasteiger partial charge is 0.450 e. The minimum atomic E-state index is -0.349. The molecule has 0 atom stereocenters. The molecule has 2 amide bonds. The van der Waals surface area contributed by atoms with Crippen molar-refractivity contribution in [3.05, 3.63) is 63.9 Å². The average molecular weight is 520 g/mol. The number of hydrogen-bond acceptors (Lipinski definition) is 6. The van der Waals surface area contributed by atoms with E-state index in [4.69, 9.17) is 9.72 Å². The van der Waals surface area contributed by atoms with Crippen LogP contribution >= 0.6 is 11.8 Å². The van der Waals surface area contributed by atoms with Crippen LogP contribution in [0.3, 0.4) is 0 Å². The van der Waals surface area contributed by atoms with E-state index in [1.807, 2.05) is 56.3 Å². The monoisotopic (exact) mass is 519 g/mol. The molecular formula is C27H29N5O4S. The van der Waals surface area contributed by atoms with Gasteiger partial charge in [-0.05, 0) is 44.0 Å². The van der Waals surface area contributed by atoms with Gasteiger partial charge in [-0.2, -0.15) is 0 Å². The van der Waals surface area contributed by atoms with Gasteiger partial charge in [-0.3, -0.25) is 14.2 Å². The van der Waals surface area contributed by atoms with Gasteiger partial charge in [0.25, 0.3) is 5.56 Å². The number of carbonyl (C=O) groups is 2. The van der Waals surface area contributed by atoms with E-state index >= 15 is 0 Å². The molecular weight excluding hydrogens is 490 g/mol. The van der Waals surface area contributed by atoms with Crippen molar-refractivity contribution in [3.8, 4) is 5.69 Å². The van der Waals surface area contributed by atoms with Crippen LogP contribution in [0, 0.1) is 13.8 Å². The normalized spacial score (nSPS) is 13.9. The molecule has 4 aromatic rings. The molecule has 0 bridgehead atoms. The number of nitrogens with one attached hydrogen (secondary N) is 1. The van der Waals surface area contributed by atoms with E-state index in [0.29, 0.717) is 49.0 Å². The summed E-state index contributed by atoms with van der Waals surface area (Å²) in [4.78, 5) is 50.4. The third-order valence-electron chi connectivity index (χ3n) is 6.58. The zero-order chi connectivity index (χ0) is 26.1. The maximum Gasteiger partial charge on any atom is 0.409 e. The Labute approximate surface area is 218 Å². The van der Waals surface area contributed by atoms with Gasteiger partial charge in [-0.1, -0.05) is 42.1 Å². The lowest BCUT2D eigenvalue weighted by Crippen LogP contribution is -2.51. The van der Waals surface area contributed by atoms with E-state index in [1.165, 1.54) is 11.8 Å². The molecule has 10 heteroatoms. The highest BCUT2D eigenvalue weighted by atomic mass is 32.2. The van der Waals surface area contributed by atoms with E-state index in [0.717, 1.165) is 27.7 Å². The van der Waals surface area contributed by atoms with Crippen molar-refractivity contribution in [2.45, 2.75) is 25.9 Å². The average Bonchev–Trinajstić information content (AvgIpc) is 3.28. The number of rotatable bonds is 5. The van der Waals surface area contributed by atoms with Crippen LogP contribution in [0.5, 0.6) is 0 Å². The van der Waals surface area contributed by atoms with Crippen LogP contribution in [-0.4, -0.2) is 74.9 Å². The summed E-state index contributed by atoms with van der Waals surface area (Å²) in [5, 5.41) is 1.33. The lowest BCUT2D eigenvalue weighted by Gasteiger charge is -2.34. The first-order valence-corrected chi connectivity index (χ1v) is 13.3. The van der Waals surface area contributed by atoms with E-state index in [9.17, 15) is 14.4 Å². The number of fused-ring (bicyclic) bond motifs is 3. The van der Waals surface area contributed by atoms with Gasteiger partial charge in [0.2, 0.25) is 5.91 Å². The lowest BCUT2D eigenvalue weighted by molar-refractivity contribution is -0.129. The smallest absolute Gasteiger partial charge is 0.409 e. The van der Waals surface area contributed by atoms with Crippen molar-refractivity contribution in [2.75, 3.05) is 38.5 Å². The molecule has 1 N–H and O–H groups in total. The highest BCUT2D eigenvalue weighted by Crippen LogP contribution is 2.28. The van der Waals surface area contributed by atoms with Crippen molar-refractivity contribution in [1.82, 2.24) is 24.3 Å². The number of aromatic amines is 1. The second kappa shape index (κ2) is 10.3. The van der Waals surface area contributed by atoms with Crippen LogP contribution in [0.1, 0.15) is 18.1 Å². The van der Waals surface area contributed by atoms with E-state index < -0.39 is 0 Å². The van der Waals surface area contributed by atoms with Gasteiger partial charge in [0.15, 0.2) is 5.16 Å². The molecule has 0 aliphatic carbocycles. The van der Waals surface area contributed by atoms with Crippen molar-refractivity contribution < 1.29 is 14.3 Å². The molecule has 9 nitrogen and oxygen atoms in total. The number of piperazine rings is 1. The topological polar surface area (TPSA) is 101 Å². The molecule has 5 rings (SSSR count). The number of aryl methyl sites for hydroxylation is 2. The van der Waals surface area contributed by atoms with Crippen molar-refractivity contribution in [2.24, 2.45) is 0 Å². The van der Waals surface area contributed by atoms with Gasteiger partial charge in [0, 0.05) is 37.1 Å². The van der Waals surface area contributed by atoms with Crippen molar-refractivity contribution >= 4 is 45.7 Å². The number of thioether (sulfide) groups is 1. The van der Waals surface area contributed by atoms with Crippen LogP contribution in [0.25, 0.3) is 27.6 Å². The number of para-hydroxylation sites is 1. The Morgan fingerprint density at radius 3 is 2.54 bits per heavy atom. The van der Waals surface area contributed by atoms with Crippen LogP contribution < -0.4 is 5.56 Å². The molecule has 0 saturated carbocycles. The highest BCUT2D eigenvalue weighted by Gasteiger charge is 2.26. The molecule has 0 radical (unpaired) electrons. The summed E-state index contributed by atoms with van der Waals surface area (Å²) < 4.78 is 6.67.